The van der Waals surface area contributed by atoms with Crippen molar-refractivity contribution in [2.24, 2.45) is 0 Å². The van der Waals surface area contributed by atoms with Crippen LogP contribution in [0, 0.1) is 0 Å². The number of rotatable bonds is 3. The highest BCUT2D eigenvalue weighted by Gasteiger charge is 2.16. The van der Waals surface area contributed by atoms with Gasteiger partial charge in [0.15, 0.2) is 5.78 Å². The van der Waals surface area contributed by atoms with Gasteiger partial charge in [-0.25, -0.2) is 0 Å². The Kier molecular flexibility index (Phi) is 3.79. The molecule has 0 bridgehead atoms. The lowest BCUT2D eigenvalue weighted by atomic mass is 10.0. The van der Waals surface area contributed by atoms with Gasteiger partial charge < -0.3 is 9.84 Å². The summed E-state index contributed by atoms with van der Waals surface area (Å²) in [7, 11) is 0. The molecule has 2 aromatic carbocycles. The summed E-state index contributed by atoms with van der Waals surface area (Å²) in [5.41, 5.74) is 2.50. The van der Waals surface area contributed by atoms with E-state index in [-0.39, 0.29) is 17.6 Å². The van der Waals surface area contributed by atoms with Crippen LogP contribution in [0.25, 0.3) is 6.08 Å². The van der Waals surface area contributed by atoms with Gasteiger partial charge in [-0.1, -0.05) is 24.3 Å². The molecule has 1 unspecified atom stereocenters. The Bertz CT molecular complexity index is 755. The molecule has 2 aromatic rings. The zero-order valence-corrected chi connectivity index (χ0v) is 12.2. The minimum absolute atomic E-state index is 0.0984. The fourth-order valence-electron chi connectivity index (χ4n) is 2.34. The third-order valence-electron chi connectivity index (χ3n) is 3.59. The molecule has 1 N–H and O–H groups in total. The van der Waals surface area contributed by atoms with Crippen molar-refractivity contribution in [3.63, 3.8) is 0 Å². The monoisotopic (exact) mass is 292 g/mol. The number of allylic oxidation sites excluding steroid dienone is 1. The number of hydrogen-bond donors (Lipinski definition) is 1. The highest BCUT2D eigenvalue weighted by molar-refractivity contribution is 6.04. The number of benzene rings is 2. The molecule has 3 nitrogen and oxygen atoms in total. The molecule has 0 amide bonds. The van der Waals surface area contributed by atoms with Gasteiger partial charge in [-0.2, -0.15) is 0 Å². The van der Waals surface area contributed by atoms with Gasteiger partial charge in [0, 0.05) is 11.1 Å². The molecule has 0 aliphatic carbocycles. The predicted molar refractivity (Wildman–Crippen MR) is 86.1 cm³/mol. The Labute approximate surface area is 129 Å². The SMILES string of the molecule is CC1Oc2ccccc2C=C1C=CC(=O)c1ccc(O)cc1. The Morgan fingerprint density at radius 1 is 1.14 bits per heavy atom. The number of carbonyl (C=O) groups excluding carboxylic acids is 1. The van der Waals surface area contributed by atoms with Crippen LogP contribution in [0.2, 0.25) is 0 Å². The molecule has 0 saturated carbocycles. The van der Waals surface area contributed by atoms with Crippen molar-refractivity contribution in [3.8, 4) is 11.5 Å². The molecule has 0 saturated heterocycles. The Morgan fingerprint density at radius 2 is 1.86 bits per heavy atom. The van der Waals surface area contributed by atoms with E-state index in [1.807, 2.05) is 37.3 Å². The summed E-state index contributed by atoms with van der Waals surface area (Å²) in [5, 5.41) is 9.24. The first-order chi connectivity index (χ1) is 10.6. The van der Waals surface area contributed by atoms with Gasteiger partial charge in [0.1, 0.15) is 17.6 Å². The van der Waals surface area contributed by atoms with Gasteiger partial charge in [-0.3, -0.25) is 4.79 Å². The van der Waals surface area contributed by atoms with Crippen LogP contribution in [-0.4, -0.2) is 17.0 Å². The first-order valence-electron chi connectivity index (χ1n) is 7.12. The van der Waals surface area contributed by atoms with E-state index in [0.29, 0.717) is 5.56 Å². The highest BCUT2D eigenvalue weighted by atomic mass is 16.5. The number of phenols is 1. The van der Waals surface area contributed by atoms with Crippen molar-refractivity contribution >= 4 is 11.9 Å². The molecule has 110 valence electrons. The van der Waals surface area contributed by atoms with Crippen molar-refractivity contribution in [3.05, 3.63) is 77.4 Å². The van der Waals surface area contributed by atoms with E-state index in [4.69, 9.17) is 4.74 Å². The van der Waals surface area contributed by atoms with Crippen LogP contribution in [0.4, 0.5) is 0 Å². The summed E-state index contributed by atoms with van der Waals surface area (Å²) in [5.74, 6) is 0.901. The van der Waals surface area contributed by atoms with E-state index in [9.17, 15) is 9.90 Å². The van der Waals surface area contributed by atoms with Gasteiger partial charge in [-0.15, -0.1) is 0 Å². The fraction of sp³-hybridized carbons (Fsp3) is 0.105. The molecular formula is C19H16O3. The second-order valence-electron chi connectivity index (χ2n) is 5.19. The maximum absolute atomic E-state index is 12.1. The van der Waals surface area contributed by atoms with E-state index in [0.717, 1.165) is 16.9 Å². The first kappa shape index (κ1) is 14.1. The summed E-state index contributed by atoms with van der Waals surface area (Å²) in [6.07, 6.45) is 5.25. The Morgan fingerprint density at radius 3 is 2.64 bits per heavy atom. The average Bonchev–Trinajstić information content (AvgIpc) is 2.53. The molecule has 0 radical (unpaired) electrons. The predicted octanol–water partition coefficient (Wildman–Crippen LogP) is 4.00. The summed E-state index contributed by atoms with van der Waals surface area (Å²) in [4.78, 5) is 12.1. The number of para-hydroxylation sites is 1. The molecule has 0 aromatic heterocycles. The van der Waals surface area contributed by atoms with Gasteiger partial charge in [0.25, 0.3) is 0 Å². The summed E-state index contributed by atoms with van der Waals surface area (Å²) < 4.78 is 5.83. The third kappa shape index (κ3) is 2.93. The van der Waals surface area contributed by atoms with E-state index in [1.54, 1.807) is 18.2 Å². The minimum Gasteiger partial charge on any atom is -0.508 e. The van der Waals surface area contributed by atoms with E-state index in [1.165, 1.54) is 18.2 Å². The quantitative estimate of drug-likeness (QED) is 0.687. The molecule has 22 heavy (non-hydrogen) atoms. The van der Waals surface area contributed by atoms with Crippen LogP contribution in [-0.2, 0) is 0 Å². The molecule has 0 spiro atoms. The summed E-state index contributed by atoms with van der Waals surface area (Å²) in [6.45, 7) is 1.96. The smallest absolute Gasteiger partial charge is 0.185 e. The number of carbonyl (C=O) groups is 1. The van der Waals surface area contributed by atoms with E-state index in [2.05, 4.69) is 0 Å². The molecule has 1 aliphatic rings. The number of hydrogen-bond acceptors (Lipinski definition) is 3. The van der Waals surface area contributed by atoms with Crippen molar-refractivity contribution < 1.29 is 14.6 Å². The normalized spacial score (nSPS) is 16.8. The lowest BCUT2D eigenvalue weighted by molar-refractivity contribution is 0.104. The zero-order valence-electron chi connectivity index (χ0n) is 12.2. The standard InChI is InChI=1S/C19H16O3/c1-13-15(12-16-4-2-3-5-19(16)22-13)8-11-18(21)14-6-9-17(20)10-7-14/h2-13,20H,1H3. The van der Waals surface area contributed by atoms with Gasteiger partial charge >= 0.3 is 0 Å². The lowest BCUT2D eigenvalue weighted by Crippen LogP contribution is -2.17. The second kappa shape index (κ2) is 5.90. The summed E-state index contributed by atoms with van der Waals surface area (Å²) >= 11 is 0. The van der Waals surface area contributed by atoms with Crippen LogP contribution >= 0.6 is 0 Å². The van der Waals surface area contributed by atoms with Crippen molar-refractivity contribution in [2.75, 3.05) is 0 Å². The number of ether oxygens (including phenoxy) is 1. The Balaban J connectivity index is 1.82. The van der Waals surface area contributed by atoms with Crippen LogP contribution < -0.4 is 4.74 Å². The van der Waals surface area contributed by atoms with E-state index >= 15 is 0 Å². The lowest BCUT2D eigenvalue weighted by Gasteiger charge is -2.22. The number of aromatic hydroxyl groups is 1. The Hall–Kier alpha value is -2.81. The highest BCUT2D eigenvalue weighted by Crippen LogP contribution is 2.29. The molecule has 0 fully saturated rings. The first-order valence-corrected chi connectivity index (χ1v) is 7.12. The van der Waals surface area contributed by atoms with Crippen LogP contribution in [0.15, 0.2) is 66.3 Å². The molecule has 3 rings (SSSR count). The molecule has 1 aliphatic heterocycles. The molecule has 1 heterocycles. The molecule has 1 atom stereocenters. The third-order valence-corrected chi connectivity index (χ3v) is 3.59. The topological polar surface area (TPSA) is 46.5 Å². The summed E-state index contributed by atoms with van der Waals surface area (Å²) in [6, 6.07) is 14.0. The second-order valence-corrected chi connectivity index (χ2v) is 5.19. The number of ketones is 1. The van der Waals surface area contributed by atoms with E-state index < -0.39 is 0 Å². The number of fused-ring (bicyclic) bond motifs is 1. The zero-order chi connectivity index (χ0) is 15.5. The van der Waals surface area contributed by atoms with Crippen molar-refractivity contribution in [2.45, 2.75) is 13.0 Å². The minimum atomic E-state index is -0.105. The largest absolute Gasteiger partial charge is 0.508 e. The fourth-order valence-corrected chi connectivity index (χ4v) is 2.34. The van der Waals surface area contributed by atoms with Gasteiger partial charge in [-0.05, 0) is 55.0 Å². The van der Waals surface area contributed by atoms with Crippen LogP contribution in [0.1, 0.15) is 22.8 Å². The van der Waals surface area contributed by atoms with Gasteiger partial charge in [0.05, 0.1) is 0 Å². The molecule has 3 heteroatoms. The average molecular weight is 292 g/mol. The van der Waals surface area contributed by atoms with Crippen molar-refractivity contribution in [1.82, 2.24) is 0 Å². The number of phenolic OH excluding ortho intramolecular Hbond substituents is 1. The van der Waals surface area contributed by atoms with Crippen LogP contribution in [0.3, 0.4) is 0 Å². The van der Waals surface area contributed by atoms with Crippen LogP contribution in [0.5, 0.6) is 11.5 Å². The maximum Gasteiger partial charge on any atom is 0.185 e. The van der Waals surface area contributed by atoms with Crippen molar-refractivity contribution in [1.29, 1.82) is 0 Å². The van der Waals surface area contributed by atoms with Gasteiger partial charge in [0.2, 0.25) is 0 Å². The maximum atomic E-state index is 12.1. The molecular weight excluding hydrogens is 276 g/mol.